The number of ketones is 1. The number of anilines is 1. The zero-order valence-corrected chi connectivity index (χ0v) is 20.5. The van der Waals surface area contributed by atoms with Gasteiger partial charge in [0.2, 0.25) is 5.78 Å². The Kier molecular flexibility index (Phi) is 5.97. The molecular formula is C25H20ClN3O3S2. The third kappa shape index (κ3) is 4.02. The summed E-state index contributed by atoms with van der Waals surface area (Å²) in [6.45, 7) is 0.0694. The topological polar surface area (TPSA) is 72.3 Å². The summed E-state index contributed by atoms with van der Waals surface area (Å²) in [5.74, 6) is -0.350. The van der Waals surface area contributed by atoms with Crippen molar-refractivity contribution in [1.29, 1.82) is 0 Å². The molecule has 1 unspecified atom stereocenters. The second kappa shape index (κ2) is 8.94. The first-order valence-corrected chi connectivity index (χ1v) is 13.2. The van der Waals surface area contributed by atoms with Crippen LogP contribution in [0.4, 0.5) is 5.82 Å². The van der Waals surface area contributed by atoms with E-state index in [1.165, 1.54) is 16.1 Å². The number of Topliss-reactive ketones (excluding diaryl/α,β-unsaturated/α-hetero) is 1. The average molecular weight is 510 g/mol. The van der Waals surface area contributed by atoms with Gasteiger partial charge in [-0.25, -0.2) is 17.7 Å². The Hall–Kier alpha value is -3.07. The van der Waals surface area contributed by atoms with Gasteiger partial charge < -0.3 is 4.57 Å². The van der Waals surface area contributed by atoms with E-state index in [0.717, 1.165) is 10.5 Å². The maximum atomic E-state index is 13.9. The Bertz CT molecular complexity index is 1450. The highest BCUT2D eigenvalue weighted by atomic mass is 35.5. The van der Waals surface area contributed by atoms with Gasteiger partial charge in [0.15, 0.2) is 16.2 Å². The largest absolute Gasteiger partial charge is 0.317 e. The second-order valence-corrected chi connectivity index (χ2v) is 11.3. The van der Waals surface area contributed by atoms with Gasteiger partial charge in [-0.15, -0.1) is 0 Å². The summed E-state index contributed by atoms with van der Waals surface area (Å²) in [6, 6.07) is 25.3. The standard InChI is InChI=1S/C25H20ClN3O3S2/c1-28-21-22(30)23(18-12-14-19(26)15-13-18)34(31,32)29(16-17-8-4-2-5-9-17)24(21)27-25(28)33-20-10-6-3-7-11-20/h2-15,23H,16H2,1H3. The molecule has 0 fully saturated rings. The summed E-state index contributed by atoms with van der Waals surface area (Å²) in [6.07, 6.45) is 0. The van der Waals surface area contributed by atoms with Crippen molar-refractivity contribution in [3.8, 4) is 0 Å². The fourth-order valence-corrected chi connectivity index (χ4v) is 6.81. The van der Waals surface area contributed by atoms with Crippen LogP contribution < -0.4 is 4.31 Å². The van der Waals surface area contributed by atoms with E-state index in [-0.39, 0.29) is 18.1 Å². The van der Waals surface area contributed by atoms with Gasteiger partial charge in [0.05, 0.1) is 6.54 Å². The van der Waals surface area contributed by atoms with Gasteiger partial charge in [0.1, 0.15) is 5.69 Å². The molecule has 0 amide bonds. The molecule has 5 rings (SSSR count). The number of carbonyl (C=O) groups excluding carboxylic acids is 1. The highest BCUT2D eigenvalue weighted by Gasteiger charge is 2.48. The van der Waals surface area contributed by atoms with Gasteiger partial charge in [0, 0.05) is 17.0 Å². The molecule has 0 saturated carbocycles. The number of carbonyl (C=O) groups is 1. The number of hydrogen-bond acceptors (Lipinski definition) is 5. The van der Waals surface area contributed by atoms with Crippen molar-refractivity contribution in [3.05, 3.63) is 107 Å². The van der Waals surface area contributed by atoms with E-state index in [1.807, 2.05) is 60.7 Å². The zero-order valence-electron chi connectivity index (χ0n) is 18.1. The van der Waals surface area contributed by atoms with Gasteiger partial charge >= 0.3 is 0 Å². The molecule has 1 aliphatic heterocycles. The lowest BCUT2D eigenvalue weighted by atomic mass is 10.1. The van der Waals surface area contributed by atoms with E-state index in [2.05, 4.69) is 4.98 Å². The predicted octanol–water partition coefficient (Wildman–Crippen LogP) is 5.50. The van der Waals surface area contributed by atoms with Gasteiger partial charge in [-0.05, 0) is 35.4 Å². The first-order valence-electron chi connectivity index (χ1n) is 10.5. The summed E-state index contributed by atoms with van der Waals surface area (Å²) in [7, 11) is -2.37. The van der Waals surface area contributed by atoms with Gasteiger partial charge in [-0.2, -0.15) is 0 Å². The minimum Gasteiger partial charge on any atom is -0.317 e. The van der Waals surface area contributed by atoms with Crippen molar-refractivity contribution in [2.75, 3.05) is 4.31 Å². The van der Waals surface area contributed by atoms with Crippen LogP contribution in [-0.2, 0) is 23.6 Å². The smallest absolute Gasteiger partial charge is 0.251 e. The Balaban J connectivity index is 1.67. The molecule has 0 spiro atoms. The van der Waals surface area contributed by atoms with E-state index in [9.17, 15) is 13.2 Å². The number of aromatic nitrogens is 2. The molecule has 4 aromatic rings. The first kappa shape index (κ1) is 22.7. The average Bonchev–Trinajstić information content (AvgIpc) is 3.15. The lowest BCUT2D eigenvalue weighted by Gasteiger charge is -2.32. The molecule has 172 valence electrons. The molecule has 3 aromatic carbocycles. The molecule has 1 aromatic heterocycles. The van der Waals surface area contributed by atoms with Crippen LogP contribution in [0.25, 0.3) is 0 Å². The quantitative estimate of drug-likeness (QED) is 0.355. The van der Waals surface area contributed by atoms with E-state index in [0.29, 0.717) is 15.7 Å². The van der Waals surface area contributed by atoms with Gasteiger partial charge in [-0.1, -0.05) is 84.0 Å². The second-order valence-electron chi connectivity index (χ2n) is 7.87. The van der Waals surface area contributed by atoms with Crippen molar-refractivity contribution in [2.45, 2.75) is 21.8 Å². The Morgan fingerprint density at radius 2 is 1.56 bits per heavy atom. The molecule has 1 aliphatic rings. The minimum atomic E-state index is -4.11. The molecular weight excluding hydrogens is 490 g/mol. The Morgan fingerprint density at radius 3 is 2.21 bits per heavy atom. The van der Waals surface area contributed by atoms with Crippen LogP contribution in [0, 0.1) is 0 Å². The van der Waals surface area contributed by atoms with E-state index in [4.69, 9.17) is 11.6 Å². The molecule has 9 heteroatoms. The summed E-state index contributed by atoms with van der Waals surface area (Å²) in [4.78, 5) is 19.3. The lowest BCUT2D eigenvalue weighted by molar-refractivity contribution is 0.0976. The number of halogens is 1. The van der Waals surface area contributed by atoms with E-state index in [1.54, 1.807) is 35.9 Å². The highest BCUT2D eigenvalue weighted by Crippen LogP contribution is 2.43. The number of sulfonamides is 1. The molecule has 6 nitrogen and oxygen atoms in total. The molecule has 0 N–H and O–H groups in total. The fraction of sp³-hybridized carbons (Fsp3) is 0.120. The normalized spacial score (nSPS) is 16.9. The van der Waals surface area contributed by atoms with Crippen molar-refractivity contribution < 1.29 is 13.2 Å². The SMILES string of the molecule is Cn1c(Sc2ccccc2)nc2c1C(=O)C(c1ccc(Cl)cc1)S(=O)(=O)N2Cc1ccccc1. The number of fused-ring (bicyclic) bond motifs is 1. The summed E-state index contributed by atoms with van der Waals surface area (Å²) < 4.78 is 30.7. The molecule has 34 heavy (non-hydrogen) atoms. The summed E-state index contributed by atoms with van der Waals surface area (Å²) in [5, 5.41) is -0.381. The maximum Gasteiger partial charge on any atom is 0.251 e. The van der Waals surface area contributed by atoms with Crippen LogP contribution in [-0.4, -0.2) is 23.8 Å². The maximum absolute atomic E-state index is 13.9. The summed E-state index contributed by atoms with van der Waals surface area (Å²) >= 11 is 7.40. The third-order valence-corrected chi connectivity index (χ3v) is 8.95. The molecule has 0 radical (unpaired) electrons. The van der Waals surface area contributed by atoms with Gasteiger partial charge in [-0.3, -0.25) is 4.79 Å². The van der Waals surface area contributed by atoms with Crippen LogP contribution in [0.3, 0.4) is 0 Å². The first-order chi connectivity index (χ1) is 16.4. The molecule has 0 bridgehead atoms. The van der Waals surface area contributed by atoms with Crippen molar-refractivity contribution in [2.24, 2.45) is 7.05 Å². The number of rotatable bonds is 5. The van der Waals surface area contributed by atoms with E-state index < -0.39 is 21.1 Å². The van der Waals surface area contributed by atoms with Crippen LogP contribution in [0.15, 0.2) is 95.0 Å². The Labute approximate surface area is 207 Å². The number of hydrogen-bond donors (Lipinski definition) is 0. The van der Waals surface area contributed by atoms with Crippen molar-refractivity contribution >= 4 is 45.0 Å². The van der Waals surface area contributed by atoms with Crippen molar-refractivity contribution in [1.82, 2.24) is 9.55 Å². The van der Waals surface area contributed by atoms with Crippen LogP contribution >= 0.6 is 23.4 Å². The number of imidazole rings is 1. The molecule has 2 heterocycles. The number of nitrogens with zero attached hydrogens (tertiary/aromatic N) is 3. The van der Waals surface area contributed by atoms with Gasteiger partial charge in [0.25, 0.3) is 10.0 Å². The van der Waals surface area contributed by atoms with E-state index >= 15 is 0 Å². The molecule has 0 saturated heterocycles. The lowest BCUT2D eigenvalue weighted by Crippen LogP contribution is -2.43. The highest BCUT2D eigenvalue weighted by molar-refractivity contribution is 7.99. The predicted molar refractivity (Wildman–Crippen MR) is 134 cm³/mol. The Morgan fingerprint density at radius 1 is 0.941 bits per heavy atom. The van der Waals surface area contributed by atoms with Crippen LogP contribution in [0.5, 0.6) is 0 Å². The minimum absolute atomic E-state index is 0.0694. The van der Waals surface area contributed by atoms with Crippen LogP contribution in [0.1, 0.15) is 26.9 Å². The number of benzene rings is 3. The molecule has 1 atom stereocenters. The van der Waals surface area contributed by atoms with Crippen molar-refractivity contribution in [3.63, 3.8) is 0 Å². The van der Waals surface area contributed by atoms with Crippen LogP contribution in [0.2, 0.25) is 5.02 Å². The monoisotopic (exact) mass is 509 g/mol. The zero-order chi connectivity index (χ0) is 23.9. The third-order valence-electron chi connectivity index (χ3n) is 5.64. The molecule has 0 aliphatic carbocycles. The summed E-state index contributed by atoms with van der Waals surface area (Å²) in [5.41, 5.74) is 1.44. The fourth-order valence-electron chi connectivity index (χ4n) is 3.98.